The summed E-state index contributed by atoms with van der Waals surface area (Å²) in [5.41, 5.74) is 3.71. The molecule has 0 aliphatic heterocycles. The van der Waals surface area contributed by atoms with E-state index in [9.17, 15) is 4.79 Å². The molecule has 0 saturated heterocycles. The number of aromatic nitrogens is 5. The topological polar surface area (TPSA) is 79.7 Å². The van der Waals surface area contributed by atoms with E-state index in [0.717, 1.165) is 28.7 Å². The van der Waals surface area contributed by atoms with Gasteiger partial charge in [0.05, 0.1) is 11.6 Å². The summed E-state index contributed by atoms with van der Waals surface area (Å²) in [6, 6.07) is 18.5. The minimum atomic E-state index is -0.263. The van der Waals surface area contributed by atoms with Gasteiger partial charge in [0, 0.05) is 24.2 Å². The second-order valence-electron chi connectivity index (χ2n) is 10.6. The number of nitrogens with zero attached hydrogens (tertiary/aromatic N) is 5. The number of benzene rings is 2. The number of hydrogen-bond acceptors (Lipinski definition) is 5. The van der Waals surface area contributed by atoms with Gasteiger partial charge < -0.3 is 4.98 Å². The largest absolute Gasteiger partial charge is 0.322 e. The van der Waals surface area contributed by atoms with Gasteiger partial charge in [0.15, 0.2) is 5.82 Å². The summed E-state index contributed by atoms with van der Waals surface area (Å²) in [7, 11) is 0. The highest BCUT2D eigenvalue weighted by molar-refractivity contribution is 5.79. The average molecular weight is 473 g/mol. The standard InChI is InChI=1S/C28H36N6O/c1-7-20-13-14-24-22(15-20)16-23(27(35)29-24)18-33(17-21-11-9-8-10-12-21)25(19(2)3)26-30-31-32-34(26)28(4,5)6/h8-16,19,25H,7,17-18H2,1-6H3,(H,29,35)/t25-/m1/s1. The van der Waals surface area contributed by atoms with E-state index in [1.54, 1.807) is 0 Å². The zero-order valence-corrected chi connectivity index (χ0v) is 21.6. The Balaban J connectivity index is 1.80. The van der Waals surface area contributed by atoms with Gasteiger partial charge >= 0.3 is 0 Å². The molecule has 2 aromatic heterocycles. The van der Waals surface area contributed by atoms with Gasteiger partial charge in [-0.2, -0.15) is 0 Å². The molecule has 35 heavy (non-hydrogen) atoms. The fraction of sp³-hybridized carbons (Fsp3) is 0.429. The second kappa shape index (κ2) is 10.1. The number of aromatic amines is 1. The van der Waals surface area contributed by atoms with Crippen LogP contribution >= 0.6 is 0 Å². The maximum absolute atomic E-state index is 13.2. The number of fused-ring (bicyclic) bond motifs is 1. The molecule has 0 aliphatic rings. The molecule has 184 valence electrons. The third-order valence-corrected chi connectivity index (χ3v) is 6.41. The molecular formula is C28H36N6O. The Kier molecular flexibility index (Phi) is 7.17. The molecule has 0 amide bonds. The summed E-state index contributed by atoms with van der Waals surface area (Å²) in [5, 5.41) is 13.9. The van der Waals surface area contributed by atoms with Gasteiger partial charge in [0.2, 0.25) is 0 Å². The molecule has 0 bridgehead atoms. The lowest BCUT2D eigenvalue weighted by Crippen LogP contribution is -2.37. The molecule has 7 nitrogen and oxygen atoms in total. The minimum Gasteiger partial charge on any atom is -0.322 e. The third-order valence-electron chi connectivity index (χ3n) is 6.41. The Morgan fingerprint density at radius 1 is 1.00 bits per heavy atom. The SMILES string of the molecule is CCc1ccc2[nH]c(=O)c(CN(Cc3ccccc3)[C@@H](c3nnnn3C(C)(C)C)C(C)C)cc2c1. The molecule has 0 spiro atoms. The molecule has 2 heterocycles. The van der Waals surface area contributed by atoms with Gasteiger partial charge in [-0.3, -0.25) is 9.69 Å². The maximum atomic E-state index is 13.2. The smallest absolute Gasteiger partial charge is 0.252 e. The number of aryl methyl sites for hydroxylation is 1. The van der Waals surface area contributed by atoms with Crippen molar-refractivity contribution in [3.8, 4) is 0 Å². The molecule has 0 aliphatic carbocycles. The predicted molar refractivity (Wildman–Crippen MR) is 140 cm³/mol. The van der Waals surface area contributed by atoms with Crippen LogP contribution in [0.25, 0.3) is 10.9 Å². The zero-order chi connectivity index (χ0) is 25.2. The number of hydrogen-bond donors (Lipinski definition) is 1. The van der Waals surface area contributed by atoms with Crippen molar-refractivity contribution in [2.24, 2.45) is 5.92 Å². The van der Waals surface area contributed by atoms with Crippen molar-refractivity contribution in [3.63, 3.8) is 0 Å². The molecule has 4 rings (SSSR count). The summed E-state index contributed by atoms with van der Waals surface area (Å²) in [6.07, 6.45) is 0.954. The van der Waals surface area contributed by atoms with Crippen LogP contribution < -0.4 is 5.56 Å². The molecule has 0 radical (unpaired) electrons. The fourth-order valence-electron chi connectivity index (χ4n) is 4.67. The molecule has 0 fully saturated rings. The molecule has 2 aromatic carbocycles. The first kappa shape index (κ1) is 24.8. The Morgan fingerprint density at radius 2 is 1.74 bits per heavy atom. The summed E-state index contributed by atoms with van der Waals surface area (Å²) in [4.78, 5) is 18.6. The van der Waals surface area contributed by atoms with Gasteiger partial charge in [-0.15, -0.1) is 5.10 Å². The van der Waals surface area contributed by atoms with E-state index in [4.69, 9.17) is 0 Å². The van der Waals surface area contributed by atoms with E-state index in [2.05, 4.69) is 91.2 Å². The van der Waals surface area contributed by atoms with Crippen LogP contribution in [-0.4, -0.2) is 30.1 Å². The van der Waals surface area contributed by atoms with E-state index < -0.39 is 0 Å². The lowest BCUT2D eigenvalue weighted by Gasteiger charge is -2.35. The van der Waals surface area contributed by atoms with Gasteiger partial charge in [0.25, 0.3) is 5.56 Å². The van der Waals surface area contributed by atoms with Crippen molar-refractivity contribution in [2.45, 2.75) is 72.6 Å². The molecule has 1 N–H and O–H groups in total. The molecule has 0 saturated carbocycles. The first-order chi connectivity index (χ1) is 16.7. The highest BCUT2D eigenvalue weighted by Crippen LogP contribution is 2.32. The summed E-state index contributed by atoms with van der Waals surface area (Å²) in [5.74, 6) is 1.03. The number of tetrazole rings is 1. The van der Waals surface area contributed by atoms with Crippen LogP contribution in [0.5, 0.6) is 0 Å². The van der Waals surface area contributed by atoms with Crippen molar-refractivity contribution >= 4 is 10.9 Å². The van der Waals surface area contributed by atoms with Crippen LogP contribution in [-0.2, 0) is 25.0 Å². The number of rotatable bonds is 8. The van der Waals surface area contributed by atoms with Crippen molar-refractivity contribution in [1.82, 2.24) is 30.1 Å². The minimum absolute atomic E-state index is 0.0577. The van der Waals surface area contributed by atoms with Crippen molar-refractivity contribution < 1.29 is 0 Å². The van der Waals surface area contributed by atoms with E-state index in [0.29, 0.717) is 13.1 Å². The molecular weight excluding hydrogens is 436 g/mol. The van der Waals surface area contributed by atoms with Crippen LogP contribution in [0.1, 0.15) is 70.1 Å². The normalized spacial score (nSPS) is 13.1. The van der Waals surface area contributed by atoms with Crippen molar-refractivity contribution in [1.29, 1.82) is 0 Å². The van der Waals surface area contributed by atoms with Crippen molar-refractivity contribution in [3.05, 3.63) is 87.5 Å². The monoisotopic (exact) mass is 472 g/mol. The molecule has 0 unspecified atom stereocenters. The van der Waals surface area contributed by atoms with E-state index in [1.807, 2.05) is 35.0 Å². The van der Waals surface area contributed by atoms with Crippen LogP contribution in [0.2, 0.25) is 0 Å². The number of pyridine rings is 1. The fourth-order valence-corrected chi connectivity index (χ4v) is 4.67. The number of H-pyrrole nitrogens is 1. The first-order valence-electron chi connectivity index (χ1n) is 12.4. The highest BCUT2D eigenvalue weighted by atomic mass is 16.1. The lowest BCUT2D eigenvalue weighted by molar-refractivity contribution is 0.120. The van der Waals surface area contributed by atoms with Gasteiger partial charge in [-0.25, -0.2) is 4.68 Å². The summed E-state index contributed by atoms with van der Waals surface area (Å²) >= 11 is 0. The summed E-state index contributed by atoms with van der Waals surface area (Å²) < 4.78 is 1.91. The Labute approximate surface area is 207 Å². The van der Waals surface area contributed by atoms with Crippen LogP contribution in [0.4, 0.5) is 0 Å². The van der Waals surface area contributed by atoms with Crippen LogP contribution in [0, 0.1) is 5.92 Å². The second-order valence-corrected chi connectivity index (χ2v) is 10.6. The molecule has 7 heteroatoms. The van der Waals surface area contributed by atoms with E-state index in [1.165, 1.54) is 11.1 Å². The van der Waals surface area contributed by atoms with E-state index in [-0.39, 0.29) is 23.1 Å². The highest BCUT2D eigenvalue weighted by Gasteiger charge is 2.32. The van der Waals surface area contributed by atoms with Crippen LogP contribution in [0.15, 0.2) is 59.4 Å². The lowest BCUT2D eigenvalue weighted by atomic mass is 9.98. The predicted octanol–water partition coefficient (Wildman–Crippen LogP) is 5.23. The van der Waals surface area contributed by atoms with Crippen LogP contribution in [0.3, 0.4) is 0 Å². The van der Waals surface area contributed by atoms with Gasteiger partial charge in [0.1, 0.15) is 0 Å². The molecule has 4 aromatic rings. The Bertz CT molecular complexity index is 1330. The van der Waals surface area contributed by atoms with E-state index >= 15 is 0 Å². The quantitative estimate of drug-likeness (QED) is 0.380. The average Bonchev–Trinajstić information content (AvgIpc) is 3.30. The first-order valence-corrected chi connectivity index (χ1v) is 12.4. The van der Waals surface area contributed by atoms with Gasteiger partial charge in [-0.1, -0.05) is 57.2 Å². The number of nitrogens with one attached hydrogen (secondary N) is 1. The maximum Gasteiger partial charge on any atom is 0.252 e. The Hall–Kier alpha value is -3.32. The zero-order valence-electron chi connectivity index (χ0n) is 21.6. The third kappa shape index (κ3) is 5.51. The Morgan fingerprint density at radius 3 is 2.40 bits per heavy atom. The summed E-state index contributed by atoms with van der Waals surface area (Å²) in [6.45, 7) is 14.0. The van der Waals surface area contributed by atoms with Crippen molar-refractivity contribution in [2.75, 3.05) is 0 Å². The van der Waals surface area contributed by atoms with Gasteiger partial charge in [-0.05, 0) is 78.2 Å². The molecule has 1 atom stereocenters.